The van der Waals surface area contributed by atoms with Gasteiger partial charge in [0, 0.05) is 27.0 Å². The molecule has 6 aromatic carbocycles. The first-order valence-electron chi connectivity index (χ1n) is 13.5. The fraction of sp³-hybridized carbons (Fsp3) is 0.0811. The largest absolute Gasteiger partial charge is 0.308 e. The van der Waals surface area contributed by atoms with Crippen LogP contribution in [-0.2, 0) is 5.41 Å². The second-order valence-corrected chi connectivity index (χ2v) is 11.4. The van der Waals surface area contributed by atoms with Crippen LogP contribution in [0.3, 0.4) is 0 Å². The highest BCUT2D eigenvalue weighted by molar-refractivity contribution is 6.23. The van der Waals surface area contributed by atoms with Crippen molar-refractivity contribution in [3.63, 3.8) is 0 Å². The lowest BCUT2D eigenvalue weighted by Gasteiger charge is -2.21. The molecule has 2 heterocycles. The van der Waals surface area contributed by atoms with Crippen molar-refractivity contribution in [1.29, 1.82) is 0 Å². The van der Waals surface area contributed by atoms with Crippen LogP contribution in [-0.4, -0.2) is 4.40 Å². The van der Waals surface area contributed by atoms with E-state index in [9.17, 15) is 0 Å². The van der Waals surface area contributed by atoms with Gasteiger partial charge in [-0.15, -0.1) is 0 Å². The Morgan fingerprint density at radius 2 is 1.16 bits per heavy atom. The number of para-hydroxylation sites is 2. The van der Waals surface area contributed by atoms with Crippen LogP contribution in [0.4, 0.5) is 0 Å². The zero-order valence-corrected chi connectivity index (χ0v) is 21.4. The van der Waals surface area contributed by atoms with Gasteiger partial charge in [-0.25, -0.2) is 0 Å². The molecule has 0 saturated heterocycles. The van der Waals surface area contributed by atoms with Crippen molar-refractivity contribution in [2.45, 2.75) is 19.3 Å². The summed E-state index contributed by atoms with van der Waals surface area (Å²) in [6.07, 6.45) is 0. The van der Waals surface area contributed by atoms with Gasteiger partial charge in [-0.2, -0.15) is 0 Å². The van der Waals surface area contributed by atoms with E-state index in [1.165, 1.54) is 82.2 Å². The standard InChI is InChI=1S/C37H25N/c1-37(2)31-18-16-23(20-30(31)35-25-9-4-3-8-22(25)15-19-32(35)37)24-14-17-27-29-12-7-11-28-26-10-5-6-13-33(26)38(36(28)29)34(27)21-24/h3-21H,1-2H3. The molecule has 2 aromatic heterocycles. The summed E-state index contributed by atoms with van der Waals surface area (Å²) >= 11 is 0. The fourth-order valence-corrected chi connectivity index (χ4v) is 7.31. The Hall–Kier alpha value is -4.62. The summed E-state index contributed by atoms with van der Waals surface area (Å²) in [6, 6.07) is 43.1. The molecule has 0 bridgehead atoms. The molecule has 0 spiro atoms. The Bertz CT molecular complexity index is 2260. The third-order valence-corrected chi connectivity index (χ3v) is 9.12. The van der Waals surface area contributed by atoms with Crippen molar-refractivity contribution < 1.29 is 0 Å². The Labute approximate surface area is 220 Å². The van der Waals surface area contributed by atoms with E-state index >= 15 is 0 Å². The minimum atomic E-state index is -0.0114. The number of benzene rings is 6. The number of fused-ring (bicyclic) bond motifs is 11. The van der Waals surface area contributed by atoms with Crippen molar-refractivity contribution in [3.05, 3.63) is 126 Å². The van der Waals surface area contributed by atoms with E-state index < -0.39 is 0 Å². The van der Waals surface area contributed by atoms with Crippen LogP contribution in [0.2, 0.25) is 0 Å². The van der Waals surface area contributed by atoms with E-state index in [-0.39, 0.29) is 5.41 Å². The summed E-state index contributed by atoms with van der Waals surface area (Å²) in [5, 5.41) is 7.96. The third kappa shape index (κ3) is 2.38. The van der Waals surface area contributed by atoms with Gasteiger partial charge in [-0.05, 0) is 62.4 Å². The molecule has 178 valence electrons. The molecule has 1 heteroatoms. The molecule has 8 aromatic rings. The summed E-state index contributed by atoms with van der Waals surface area (Å²) in [6.45, 7) is 4.72. The van der Waals surface area contributed by atoms with Gasteiger partial charge in [-0.1, -0.05) is 111 Å². The molecule has 9 rings (SSSR count). The SMILES string of the molecule is CC1(C)c2ccc(-c3ccc4c5cccc6c7ccccc7n(c4c3)c65)cc2-c2c1ccc1ccccc21. The topological polar surface area (TPSA) is 4.41 Å². The second kappa shape index (κ2) is 6.82. The number of rotatable bonds is 1. The second-order valence-electron chi connectivity index (χ2n) is 11.4. The number of hydrogen-bond acceptors (Lipinski definition) is 0. The Kier molecular flexibility index (Phi) is 3.67. The zero-order valence-electron chi connectivity index (χ0n) is 21.4. The van der Waals surface area contributed by atoms with Crippen LogP contribution < -0.4 is 0 Å². The molecule has 0 unspecified atom stereocenters. The lowest BCUT2D eigenvalue weighted by atomic mass is 9.82. The Balaban J connectivity index is 1.33. The minimum absolute atomic E-state index is 0.0114. The van der Waals surface area contributed by atoms with Crippen molar-refractivity contribution in [1.82, 2.24) is 4.40 Å². The van der Waals surface area contributed by atoms with Crippen LogP contribution in [0.15, 0.2) is 115 Å². The van der Waals surface area contributed by atoms with E-state index in [0.717, 1.165) is 0 Å². The fourth-order valence-electron chi connectivity index (χ4n) is 7.31. The average Bonchev–Trinajstić information content (AvgIpc) is 3.55. The van der Waals surface area contributed by atoms with Gasteiger partial charge in [0.15, 0.2) is 0 Å². The molecule has 38 heavy (non-hydrogen) atoms. The van der Waals surface area contributed by atoms with Gasteiger partial charge in [0.2, 0.25) is 0 Å². The van der Waals surface area contributed by atoms with E-state index in [1.807, 2.05) is 0 Å². The van der Waals surface area contributed by atoms with Crippen molar-refractivity contribution in [2.75, 3.05) is 0 Å². The van der Waals surface area contributed by atoms with E-state index in [0.29, 0.717) is 0 Å². The van der Waals surface area contributed by atoms with Gasteiger partial charge in [-0.3, -0.25) is 0 Å². The Morgan fingerprint density at radius 3 is 2.03 bits per heavy atom. The van der Waals surface area contributed by atoms with Gasteiger partial charge in [0.05, 0.1) is 16.6 Å². The van der Waals surface area contributed by atoms with E-state index in [1.54, 1.807) is 0 Å². The first-order chi connectivity index (χ1) is 18.6. The van der Waals surface area contributed by atoms with Crippen LogP contribution >= 0.6 is 0 Å². The highest BCUT2D eigenvalue weighted by Crippen LogP contribution is 2.52. The van der Waals surface area contributed by atoms with Crippen molar-refractivity contribution >= 4 is 48.9 Å². The lowest BCUT2D eigenvalue weighted by Crippen LogP contribution is -2.14. The molecule has 1 aliphatic carbocycles. The molecule has 0 saturated carbocycles. The predicted octanol–water partition coefficient (Wildman–Crippen LogP) is 9.96. The molecule has 0 amide bonds. The molecular weight excluding hydrogens is 458 g/mol. The van der Waals surface area contributed by atoms with E-state index in [2.05, 4.69) is 134 Å². The zero-order chi connectivity index (χ0) is 25.2. The summed E-state index contributed by atoms with van der Waals surface area (Å²) in [7, 11) is 0. The molecule has 0 fully saturated rings. The van der Waals surface area contributed by atoms with Crippen LogP contribution in [0.25, 0.3) is 71.1 Å². The smallest absolute Gasteiger partial charge is 0.0620 e. The third-order valence-electron chi connectivity index (χ3n) is 9.12. The molecule has 1 nitrogen and oxygen atoms in total. The normalized spacial score (nSPS) is 14.3. The van der Waals surface area contributed by atoms with Crippen molar-refractivity contribution in [2.24, 2.45) is 0 Å². The number of hydrogen-bond donors (Lipinski definition) is 0. The maximum absolute atomic E-state index is 2.47. The van der Waals surface area contributed by atoms with Gasteiger partial charge in [0.25, 0.3) is 0 Å². The Morgan fingerprint density at radius 1 is 0.500 bits per heavy atom. The predicted molar refractivity (Wildman–Crippen MR) is 162 cm³/mol. The summed E-state index contributed by atoms with van der Waals surface area (Å²) in [5.74, 6) is 0. The molecule has 0 radical (unpaired) electrons. The summed E-state index contributed by atoms with van der Waals surface area (Å²) in [4.78, 5) is 0. The molecule has 0 N–H and O–H groups in total. The van der Waals surface area contributed by atoms with Gasteiger partial charge >= 0.3 is 0 Å². The minimum Gasteiger partial charge on any atom is -0.308 e. The van der Waals surface area contributed by atoms with Gasteiger partial charge in [0.1, 0.15) is 0 Å². The average molecular weight is 484 g/mol. The van der Waals surface area contributed by atoms with Gasteiger partial charge < -0.3 is 4.40 Å². The monoisotopic (exact) mass is 483 g/mol. The maximum Gasteiger partial charge on any atom is 0.0620 e. The van der Waals surface area contributed by atoms with Crippen molar-refractivity contribution in [3.8, 4) is 22.3 Å². The molecule has 0 aliphatic heterocycles. The number of nitrogens with zero attached hydrogens (tertiary/aromatic N) is 1. The first-order valence-corrected chi connectivity index (χ1v) is 13.5. The lowest BCUT2D eigenvalue weighted by molar-refractivity contribution is 0.661. The van der Waals surface area contributed by atoms with E-state index in [4.69, 9.17) is 0 Å². The summed E-state index contributed by atoms with van der Waals surface area (Å²) in [5.41, 5.74) is 12.0. The first kappa shape index (κ1) is 20.4. The molecular formula is C37H25N. The molecule has 0 atom stereocenters. The quantitative estimate of drug-likeness (QED) is 0.219. The maximum atomic E-state index is 2.47. The van der Waals surface area contributed by atoms with Crippen LogP contribution in [0.5, 0.6) is 0 Å². The number of aromatic nitrogens is 1. The van der Waals surface area contributed by atoms with Crippen LogP contribution in [0, 0.1) is 0 Å². The summed E-state index contributed by atoms with van der Waals surface area (Å²) < 4.78 is 2.47. The van der Waals surface area contributed by atoms with Crippen LogP contribution in [0.1, 0.15) is 25.0 Å². The highest BCUT2D eigenvalue weighted by atomic mass is 14.9. The molecule has 1 aliphatic rings. The highest BCUT2D eigenvalue weighted by Gasteiger charge is 2.36.